The summed E-state index contributed by atoms with van der Waals surface area (Å²) in [7, 11) is 2.08. The summed E-state index contributed by atoms with van der Waals surface area (Å²) in [5, 5.41) is 24.3. The fourth-order valence-corrected chi connectivity index (χ4v) is 5.72. The predicted octanol–water partition coefficient (Wildman–Crippen LogP) is 5.23. The lowest BCUT2D eigenvalue weighted by molar-refractivity contribution is 0.0158. The molecule has 4 aromatic rings. The topological polar surface area (TPSA) is 102 Å². The van der Waals surface area contributed by atoms with Gasteiger partial charge in [-0.15, -0.1) is 0 Å². The van der Waals surface area contributed by atoms with Gasteiger partial charge >= 0.3 is 0 Å². The maximum Gasteiger partial charge on any atom is 0.223 e. The molecule has 8 nitrogen and oxygen atoms in total. The first-order valence-corrected chi connectivity index (χ1v) is 13.4. The Hall–Kier alpha value is -3.80. The molecule has 0 bridgehead atoms. The molecule has 8 heteroatoms. The molecule has 1 aliphatic heterocycles. The molecule has 4 heterocycles. The van der Waals surface area contributed by atoms with Crippen molar-refractivity contribution in [2.24, 2.45) is 0 Å². The fraction of sp³-hybridized carbons (Fsp3) is 0.400. The summed E-state index contributed by atoms with van der Waals surface area (Å²) in [4.78, 5) is 16.1. The Balaban J connectivity index is 1.24. The third-order valence-electron chi connectivity index (χ3n) is 8.47. The highest BCUT2D eigenvalue weighted by molar-refractivity contribution is 5.68. The molecule has 3 aromatic heterocycles. The molecule has 3 atom stereocenters. The lowest BCUT2D eigenvalue weighted by Crippen LogP contribution is -2.43. The Kier molecular flexibility index (Phi) is 6.13. The number of aliphatic hydroxyl groups is 1. The van der Waals surface area contributed by atoms with Gasteiger partial charge in [-0.25, -0.2) is 15.0 Å². The second-order valence-corrected chi connectivity index (χ2v) is 11.0. The Bertz CT molecular complexity index is 1520. The zero-order chi connectivity index (χ0) is 26.4. The molecule has 2 N–H and O–H groups in total. The van der Waals surface area contributed by atoms with Crippen LogP contribution in [-0.4, -0.2) is 48.5 Å². The summed E-state index contributed by atoms with van der Waals surface area (Å²) in [6.45, 7) is 5.20. The minimum atomic E-state index is -0.539. The molecule has 1 saturated carbocycles. The van der Waals surface area contributed by atoms with E-state index in [1.807, 2.05) is 40.9 Å². The first-order valence-electron chi connectivity index (χ1n) is 13.4. The smallest absolute Gasteiger partial charge is 0.223 e. The molecule has 0 unspecified atom stereocenters. The van der Waals surface area contributed by atoms with Crippen LogP contribution in [0.1, 0.15) is 79.8 Å². The lowest BCUT2D eigenvalue weighted by Gasteiger charge is -2.37. The molecule has 0 amide bonds. The molecule has 1 aliphatic carbocycles. The number of nitriles is 1. The van der Waals surface area contributed by atoms with Gasteiger partial charge in [-0.2, -0.15) is 5.26 Å². The maximum absolute atomic E-state index is 11.1. The number of likely N-dealkylation sites (N-methyl/N-ethyl adjacent to an activating group) is 1. The number of benzene rings is 1. The van der Waals surface area contributed by atoms with Crippen LogP contribution in [0.4, 0.5) is 5.95 Å². The number of likely N-dealkylation sites (tertiary alicyclic amines) is 1. The Morgan fingerprint density at radius 3 is 2.58 bits per heavy atom. The standard InChI is InChI=1S/C30H33N7O/c1-19(20-7-11-22(12-8-20)27(38)30(2)13-5-14-36(30)3)34-29-33-17-23(16-31)26(35-29)25-18-32-28-24(21-9-10-21)6-4-15-37(25)28/h4,6-8,11-12,15,17-19,21,27,38H,5,9-10,13-14H2,1-3H3,(H,33,34,35)/t19-,27+,30+/m0/s1. The van der Waals surface area contributed by atoms with Crippen LogP contribution < -0.4 is 5.32 Å². The van der Waals surface area contributed by atoms with Gasteiger partial charge in [0.15, 0.2) is 0 Å². The van der Waals surface area contributed by atoms with Gasteiger partial charge < -0.3 is 10.4 Å². The van der Waals surface area contributed by atoms with Gasteiger partial charge in [0.1, 0.15) is 17.4 Å². The highest BCUT2D eigenvalue weighted by Gasteiger charge is 2.41. The van der Waals surface area contributed by atoms with Crippen LogP contribution in [0.5, 0.6) is 0 Å². The van der Waals surface area contributed by atoms with E-state index < -0.39 is 6.10 Å². The van der Waals surface area contributed by atoms with Crippen LogP contribution in [0.25, 0.3) is 17.0 Å². The number of pyridine rings is 1. The first-order chi connectivity index (χ1) is 18.4. The maximum atomic E-state index is 11.1. The first kappa shape index (κ1) is 24.5. The van der Waals surface area contributed by atoms with Crippen molar-refractivity contribution in [1.29, 1.82) is 5.26 Å². The Labute approximate surface area is 223 Å². The number of aliphatic hydroxyl groups excluding tert-OH is 1. The highest BCUT2D eigenvalue weighted by atomic mass is 16.3. The number of rotatable bonds is 7. The molecule has 0 radical (unpaired) electrons. The molecule has 2 aliphatic rings. The highest BCUT2D eigenvalue weighted by Crippen LogP contribution is 2.42. The van der Waals surface area contributed by atoms with E-state index in [0.29, 0.717) is 23.1 Å². The van der Waals surface area contributed by atoms with Gasteiger partial charge in [0, 0.05) is 11.7 Å². The van der Waals surface area contributed by atoms with E-state index in [4.69, 9.17) is 4.98 Å². The van der Waals surface area contributed by atoms with E-state index in [1.54, 1.807) is 12.4 Å². The summed E-state index contributed by atoms with van der Waals surface area (Å²) in [5.41, 5.74) is 5.67. The molecule has 1 aromatic carbocycles. The third kappa shape index (κ3) is 4.22. The van der Waals surface area contributed by atoms with Gasteiger partial charge in [-0.1, -0.05) is 30.3 Å². The van der Waals surface area contributed by atoms with Gasteiger partial charge in [0.25, 0.3) is 0 Å². The molecule has 2 fully saturated rings. The number of nitrogens with zero attached hydrogens (tertiary/aromatic N) is 6. The summed E-state index contributed by atoms with van der Waals surface area (Å²) >= 11 is 0. The number of aromatic nitrogens is 4. The van der Waals surface area contributed by atoms with Gasteiger partial charge in [0.05, 0.1) is 35.8 Å². The lowest BCUT2D eigenvalue weighted by atomic mass is 9.86. The van der Waals surface area contributed by atoms with E-state index in [2.05, 4.69) is 53.2 Å². The summed E-state index contributed by atoms with van der Waals surface area (Å²) in [6, 6.07) is 14.4. The van der Waals surface area contributed by atoms with Crippen LogP contribution in [-0.2, 0) is 0 Å². The normalized spacial score (nSPS) is 21.3. The minimum absolute atomic E-state index is 0.0737. The van der Waals surface area contributed by atoms with Crippen LogP contribution in [0.3, 0.4) is 0 Å². The quantitative estimate of drug-likeness (QED) is 0.353. The Morgan fingerprint density at radius 2 is 1.89 bits per heavy atom. The van der Waals surface area contributed by atoms with Crippen LogP contribution in [0, 0.1) is 11.3 Å². The van der Waals surface area contributed by atoms with Crippen LogP contribution >= 0.6 is 0 Å². The SMILES string of the molecule is C[C@H](Nc1ncc(C#N)c(-c2cnc3c(C4CC4)cccn23)n1)c1ccc([C@@H](O)[C@@]2(C)CCCN2C)cc1. The molecule has 1 saturated heterocycles. The molecule has 38 heavy (non-hydrogen) atoms. The second kappa shape index (κ2) is 9.50. The summed E-state index contributed by atoms with van der Waals surface area (Å²) < 4.78 is 2.02. The average molecular weight is 508 g/mol. The summed E-state index contributed by atoms with van der Waals surface area (Å²) in [6.07, 6.45) is 9.28. The predicted molar refractivity (Wildman–Crippen MR) is 147 cm³/mol. The molecule has 6 rings (SSSR count). The minimum Gasteiger partial charge on any atom is -0.386 e. The second-order valence-electron chi connectivity index (χ2n) is 11.0. The van der Waals surface area contributed by atoms with E-state index in [-0.39, 0.29) is 11.6 Å². The number of fused-ring (bicyclic) bond motifs is 1. The van der Waals surface area contributed by atoms with Crippen molar-refractivity contribution in [3.8, 4) is 17.5 Å². The van der Waals surface area contributed by atoms with E-state index in [9.17, 15) is 10.4 Å². The average Bonchev–Trinajstić information content (AvgIpc) is 3.60. The van der Waals surface area contributed by atoms with Gasteiger partial charge in [-0.3, -0.25) is 9.30 Å². The summed E-state index contributed by atoms with van der Waals surface area (Å²) in [5.74, 6) is 1.02. The van der Waals surface area contributed by atoms with E-state index in [0.717, 1.165) is 41.9 Å². The number of nitrogens with one attached hydrogen (secondary N) is 1. The molecule has 194 valence electrons. The molecule has 0 spiro atoms. The zero-order valence-electron chi connectivity index (χ0n) is 22.1. The van der Waals surface area contributed by atoms with Crippen molar-refractivity contribution in [1.82, 2.24) is 24.3 Å². The number of imidazole rings is 1. The van der Waals surface area contributed by atoms with Crippen molar-refractivity contribution in [2.75, 3.05) is 18.9 Å². The largest absolute Gasteiger partial charge is 0.386 e. The molecular formula is C30H33N7O. The zero-order valence-corrected chi connectivity index (χ0v) is 22.1. The Morgan fingerprint density at radius 1 is 1.13 bits per heavy atom. The van der Waals surface area contributed by atoms with Gasteiger partial charge in [-0.05, 0) is 81.8 Å². The van der Waals surface area contributed by atoms with Gasteiger partial charge in [0.2, 0.25) is 5.95 Å². The van der Waals surface area contributed by atoms with Crippen molar-refractivity contribution in [2.45, 2.75) is 63.1 Å². The van der Waals surface area contributed by atoms with Crippen LogP contribution in [0.2, 0.25) is 0 Å². The number of anilines is 1. The number of hydrogen-bond acceptors (Lipinski definition) is 7. The van der Waals surface area contributed by atoms with E-state index >= 15 is 0 Å². The van der Waals surface area contributed by atoms with Crippen molar-refractivity contribution >= 4 is 11.6 Å². The monoisotopic (exact) mass is 507 g/mol. The number of hydrogen-bond donors (Lipinski definition) is 2. The third-order valence-corrected chi connectivity index (χ3v) is 8.47. The molecular weight excluding hydrogens is 474 g/mol. The fourth-order valence-electron chi connectivity index (χ4n) is 5.72. The van der Waals surface area contributed by atoms with E-state index in [1.165, 1.54) is 18.4 Å². The van der Waals surface area contributed by atoms with Crippen molar-refractivity contribution < 1.29 is 5.11 Å². The van der Waals surface area contributed by atoms with Crippen LogP contribution in [0.15, 0.2) is 55.0 Å². The van der Waals surface area contributed by atoms with Crippen molar-refractivity contribution in [3.05, 3.63) is 77.2 Å². The van der Waals surface area contributed by atoms with Crippen molar-refractivity contribution in [3.63, 3.8) is 0 Å².